The molecule has 14 nitrogen and oxygen atoms in total. The van der Waals surface area contributed by atoms with Gasteiger partial charge in [-0.05, 0) is 111 Å². The van der Waals surface area contributed by atoms with Gasteiger partial charge in [0, 0.05) is 55.1 Å². The maximum Gasteiger partial charge on any atom is 0.411 e. The highest BCUT2D eigenvalue weighted by molar-refractivity contribution is 6.04. The molecule has 4 heterocycles. The van der Waals surface area contributed by atoms with E-state index in [4.69, 9.17) is 33.7 Å². The van der Waals surface area contributed by atoms with E-state index in [1.807, 2.05) is 41.6 Å². The number of hydrogen-bond acceptors (Lipinski definition) is 11. The maximum absolute atomic E-state index is 14.1. The number of nitrogens with one attached hydrogen (secondary N) is 2. The van der Waals surface area contributed by atoms with Crippen molar-refractivity contribution >= 4 is 53.1 Å². The first-order valence-electron chi connectivity index (χ1n) is 22.2. The minimum Gasteiger partial charge on any atom is -0.493 e. The Bertz CT molecular complexity index is 2540. The van der Waals surface area contributed by atoms with Gasteiger partial charge in [0.1, 0.15) is 6.61 Å². The fraction of sp³-hybridized carbons (Fsp3) is 0.353. The number of methoxy groups -OCH3 is 2. The molecule has 338 valence electrons. The third-order valence-corrected chi connectivity index (χ3v) is 12.2. The molecule has 0 spiro atoms. The van der Waals surface area contributed by atoms with Crippen molar-refractivity contribution in [3.8, 4) is 23.0 Å². The Labute approximate surface area is 380 Å². The first-order chi connectivity index (χ1) is 31.7. The molecule has 2 N–H and O–H groups in total. The predicted octanol–water partition coefficient (Wildman–Crippen LogP) is 9.40. The zero-order valence-corrected chi connectivity index (χ0v) is 37.3. The summed E-state index contributed by atoms with van der Waals surface area (Å²) in [6, 6.07) is 19.0. The molecule has 0 bridgehead atoms. The quantitative estimate of drug-likeness (QED) is 0.0736. The molecule has 0 saturated heterocycles. The molecule has 3 amide bonds. The van der Waals surface area contributed by atoms with Crippen LogP contribution in [0, 0.1) is 0 Å². The molecule has 4 aromatic carbocycles. The molecule has 4 aliphatic rings. The number of allylic oxidation sites excluding steroid dienone is 1. The van der Waals surface area contributed by atoms with E-state index >= 15 is 0 Å². The number of benzene rings is 4. The molecule has 1 unspecified atom stereocenters. The Morgan fingerprint density at radius 1 is 0.723 bits per heavy atom. The van der Waals surface area contributed by atoms with Crippen molar-refractivity contribution in [3.63, 3.8) is 0 Å². The predicted molar refractivity (Wildman–Crippen MR) is 252 cm³/mol. The molecule has 8 rings (SSSR count). The number of hydrogen-bond donors (Lipinski definition) is 2. The minimum absolute atomic E-state index is 0.0865. The van der Waals surface area contributed by atoms with Gasteiger partial charge >= 0.3 is 6.09 Å². The second-order valence-electron chi connectivity index (χ2n) is 16.7. The summed E-state index contributed by atoms with van der Waals surface area (Å²) in [6.07, 6.45) is 12.1. The zero-order valence-electron chi connectivity index (χ0n) is 37.3. The lowest BCUT2D eigenvalue weighted by Crippen LogP contribution is -2.44. The Balaban J connectivity index is 0.840. The Morgan fingerprint density at radius 2 is 1.26 bits per heavy atom. The van der Waals surface area contributed by atoms with Crippen LogP contribution in [-0.2, 0) is 30.7 Å². The van der Waals surface area contributed by atoms with Crippen LogP contribution in [0.3, 0.4) is 0 Å². The summed E-state index contributed by atoms with van der Waals surface area (Å²) in [7, 11) is 3.12. The van der Waals surface area contributed by atoms with Crippen LogP contribution in [0.5, 0.6) is 23.0 Å². The van der Waals surface area contributed by atoms with Crippen LogP contribution in [0.15, 0.2) is 96.0 Å². The van der Waals surface area contributed by atoms with Crippen LogP contribution in [-0.4, -0.2) is 92.3 Å². The molecule has 3 atom stereocenters. The molecule has 65 heavy (non-hydrogen) atoms. The Morgan fingerprint density at radius 3 is 1.78 bits per heavy atom. The lowest BCUT2D eigenvalue weighted by atomic mass is 9.93. The number of amides is 3. The highest BCUT2D eigenvalue weighted by atomic mass is 16.5. The second-order valence-corrected chi connectivity index (χ2v) is 16.7. The Hall–Kier alpha value is -7.09. The molecule has 0 fully saturated rings. The normalized spacial score (nSPS) is 17.1. The Kier molecular flexibility index (Phi) is 13.8. The number of unbranched alkanes of at least 4 members (excludes halogenated alkanes) is 2. The number of anilines is 2. The van der Waals surface area contributed by atoms with E-state index in [9.17, 15) is 14.4 Å². The van der Waals surface area contributed by atoms with Crippen molar-refractivity contribution in [2.24, 2.45) is 9.98 Å². The summed E-state index contributed by atoms with van der Waals surface area (Å²) in [6.45, 7) is 11.4. The topological polar surface area (TPSA) is 153 Å². The van der Waals surface area contributed by atoms with E-state index in [0.717, 1.165) is 54.5 Å². The van der Waals surface area contributed by atoms with Crippen LogP contribution < -0.4 is 29.6 Å². The summed E-state index contributed by atoms with van der Waals surface area (Å²) in [5, 5.41) is 6.32. The van der Waals surface area contributed by atoms with Crippen molar-refractivity contribution < 1.29 is 38.1 Å². The first-order valence-corrected chi connectivity index (χ1v) is 22.2. The largest absolute Gasteiger partial charge is 0.493 e. The number of nitrogens with zero attached hydrogens (tertiary/aromatic N) is 4. The van der Waals surface area contributed by atoms with Crippen LogP contribution in [0.4, 0.5) is 27.5 Å². The molecular weight excluding hydrogens is 825 g/mol. The van der Waals surface area contributed by atoms with Gasteiger partial charge in [-0.25, -0.2) is 4.79 Å². The summed E-state index contributed by atoms with van der Waals surface area (Å²) in [4.78, 5) is 53.4. The molecular formula is C51H56N6O8. The molecule has 4 aromatic rings. The molecule has 0 saturated carbocycles. The van der Waals surface area contributed by atoms with E-state index in [-0.39, 0.29) is 30.5 Å². The molecule has 0 aliphatic carbocycles. The van der Waals surface area contributed by atoms with Gasteiger partial charge in [0.2, 0.25) is 0 Å². The SMILES string of the molecule is C=CCCC(C)Nc1ccc2c(c1)CN1C(=O)c3cc(OC)c(OCCCCCOc4cc5c(cc4OC)C(=O)N4Cc6cc(NC(=O)OCC=C)ccc6C[C@H]4C=N5)cc3N=C[C@@H]1C2. The van der Waals surface area contributed by atoms with E-state index in [2.05, 4.69) is 48.9 Å². The van der Waals surface area contributed by atoms with E-state index < -0.39 is 6.09 Å². The smallest absolute Gasteiger partial charge is 0.411 e. The number of ether oxygens (including phenoxy) is 5. The third-order valence-electron chi connectivity index (χ3n) is 12.2. The molecule has 0 radical (unpaired) electrons. The summed E-state index contributed by atoms with van der Waals surface area (Å²) >= 11 is 0. The van der Waals surface area contributed by atoms with Gasteiger partial charge in [-0.15, -0.1) is 6.58 Å². The number of rotatable bonds is 18. The van der Waals surface area contributed by atoms with Gasteiger partial charge in [-0.3, -0.25) is 24.9 Å². The molecule has 0 aromatic heterocycles. The van der Waals surface area contributed by atoms with E-state index in [0.29, 0.717) is 96.4 Å². The zero-order chi connectivity index (χ0) is 45.5. The van der Waals surface area contributed by atoms with E-state index in [1.54, 1.807) is 43.4 Å². The van der Waals surface area contributed by atoms with Crippen molar-refractivity contribution in [2.45, 2.75) is 83.1 Å². The summed E-state index contributed by atoms with van der Waals surface area (Å²) < 4.78 is 28.9. The lowest BCUT2D eigenvalue weighted by Gasteiger charge is -2.34. The molecule has 4 aliphatic heterocycles. The van der Waals surface area contributed by atoms with Crippen LogP contribution in [0.1, 0.15) is 82.0 Å². The van der Waals surface area contributed by atoms with Crippen LogP contribution in [0.25, 0.3) is 0 Å². The number of fused-ring (bicyclic) bond motifs is 6. The second kappa shape index (κ2) is 20.2. The van der Waals surface area contributed by atoms with Crippen molar-refractivity contribution in [1.82, 2.24) is 9.80 Å². The van der Waals surface area contributed by atoms with Gasteiger partial charge in [-0.2, -0.15) is 0 Å². The van der Waals surface area contributed by atoms with Crippen molar-refractivity contribution in [1.29, 1.82) is 0 Å². The van der Waals surface area contributed by atoms with Gasteiger partial charge < -0.3 is 38.8 Å². The highest BCUT2D eigenvalue weighted by Gasteiger charge is 2.35. The van der Waals surface area contributed by atoms with Gasteiger partial charge in [0.05, 0.1) is 62.0 Å². The number of carbonyl (C=O) groups excluding carboxylic acids is 3. The minimum atomic E-state index is -0.574. The van der Waals surface area contributed by atoms with E-state index in [1.165, 1.54) is 11.6 Å². The van der Waals surface area contributed by atoms with Crippen LogP contribution >= 0.6 is 0 Å². The number of aliphatic imine (C=N–C) groups is 2. The van der Waals surface area contributed by atoms with Crippen LogP contribution in [0.2, 0.25) is 0 Å². The standard InChI is InChI=1S/C51H56N6O8/c1-6-8-12-32(3)54-37-15-13-33-22-39-28-52-43-26-47(45(61-4)24-41(43)49(58)56(39)30-35(33)20-37)63-18-10-9-11-19-64-48-27-44-42(25-46(48)62-5)50(59)57-31-36-21-38(55-51(60)65-17-7-2)16-14-34(36)23-40(57)29-53-44/h6-7,13-16,20-21,24-29,32,39-40,54H,1-2,8-12,17-19,22-23,30-31H2,3-5H3,(H,55,60)/t32?,39-,40-/m0/s1. The summed E-state index contributed by atoms with van der Waals surface area (Å²) in [5.74, 6) is 1.71. The van der Waals surface area contributed by atoms with Gasteiger partial charge in [-0.1, -0.05) is 30.9 Å². The number of carbonyl (C=O) groups is 3. The summed E-state index contributed by atoms with van der Waals surface area (Å²) in [5.41, 5.74) is 7.97. The fourth-order valence-electron chi connectivity index (χ4n) is 8.70. The highest BCUT2D eigenvalue weighted by Crippen LogP contribution is 2.41. The lowest BCUT2D eigenvalue weighted by molar-refractivity contribution is 0.0696. The van der Waals surface area contributed by atoms with Crippen molar-refractivity contribution in [3.05, 3.63) is 119 Å². The molecule has 14 heteroatoms. The van der Waals surface area contributed by atoms with Gasteiger partial charge in [0.25, 0.3) is 11.8 Å². The van der Waals surface area contributed by atoms with Gasteiger partial charge in [0.15, 0.2) is 23.0 Å². The van der Waals surface area contributed by atoms with Crippen molar-refractivity contribution in [2.75, 3.05) is 44.7 Å². The monoisotopic (exact) mass is 880 g/mol. The first kappa shape index (κ1) is 44.5. The average molecular weight is 881 g/mol. The fourth-order valence-corrected chi connectivity index (χ4v) is 8.70. The third kappa shape index (κ3) is 10.0. The maximum atomic E-state index is 14.1. The average Bonchev–Trinajstić information content (AvgIpc) is 3.53.